The van der Waals surface area contributed by atoms with Crippen molar-refractivity contribution in [1.29, 1.82) is 0 Å². The predicted octanol–water partition coefficient (Wildman–Crippen LogP) is 19.9. The lowest BCUT2D eigenvalue weighted by Crippen LogP contribution is -2.23. The first-order valence-corrected chi connectivity index (χ1v) is 28.3. The third kappa shape index (κ3) is 6.97. The van der Waals surface area contributed by atoms with Crippen LogP contribution in [0.15, 0.2) is 247 Å². The van der Waals surface area contributed by atoms with E-state index in [0.29, 0.717) is 11.8 Å². The summed E-state index contributed by atoms with van der Waals surface area (Å²) in [5, 5.41) is 5.48. The van der Waals surface area contributed by atoms with Gasteiger partial charge in [0, 0.05) is 29.6 Å². The standard InChI is InChI=1S/C77H62/c1-5-7-27-51(43-49-25-12-9-13-26-49)72-69-45-67-63-40-39-62(70-46(3)21-16-22-47(70)4)59-33-18-34-60(74(59)63)66(67)44-68(69)71(50(20-6-2)42-48-23-10-8-11-24-48)76-64-35-19-32-58-55(37-41-65(75(58)64)77(72)76)54-36-38-61-53-29-15-14-28-52(53)56-30-17-31-57(54)73(56)61/h5-21,23-41,44-45,47,50,58-59,74-75H,22,42-43H2,1-4H3. The molecule has 0 fully saturated rings. The summed E-state index contributed by atoms with van der Waals surface area (Å²) in [4.78, 5) is 0. The van der Waals surface area contributed by atoms with Gasteiger partial charge in [-0.25, -0.2) is 0 Å². The maximum absolute atomic E-state index is 2.68. The summed E-state index contributed by atoms with van der Waals surface area (Å²) >= 11 is 0. The van der Waals surface area contributed by atoms with Gasteiger partial charge in [0.2, 0.25) is 0 Å². The van der Waals surface area contributed by atoms with Gasteiger partial charge in [0.15, 0.2) is 0 Å². The summed E-state index contributed by atoms with van der Waals surface area (Å²) in [6.07, 6.45) is 44.2. The van der Waals surface area contributed by atoms with Gasteiger partial charge in [0.25, 0.3) is 0 Å². The first kappa shape index (κ1) is 46.0. The molecule has 15 rings (SSSR count). The third-order valence-electron chi connectivity index (χ3n) is 18.6. The maximum Gasteiger partial charge on any atom is 0.0206 e. The summed E-state index contributed by atoms with van der Waals surface area (Å²) in [5.74, 6) is 1.52. The summed E-state index contributed by atoms with van der Waals surface area (Å²) in [6, 6.07) is 48.6. The highest BCUT2D eigenvalue weighted by Crippen LogP contribution is 2.64. The Balaban J connectivity index is 1.02. The Hall–Kier alpha value is -8.32. The van der Waals surface area contributed by atoms with E-state index in [1.165, 1.54) is 144 Å². The van der Waals surface area contributed by atoms with Crippen molar-refractivity contribution >= 4 is 55.0 Å². The lowest BCUT2D eigenvalue weighted by Gasteiger charge is -2.35. The van der Waals surface area contributed by atoms with Crippen LogP contribution in [0.3, 0.4) is 0 Å². The van der Waals surface area contributed by atoms with Crippen LogP contribution < -0.4 is 0 Å². The largest absolute Gasteiger partial charge is 0.0910 e. The summed E-state index contributed by atoms with van der Waals surface area (Å²) in [6.45, 7) is 9.12. The van der Waals surface area contributed by atoms with Gasteiger partial charge in [0.05, 0.1) is 0 Å². The van der Waals surface area contributed by atoms with E-state index in [9.17, 15) is 0 Å². The van der Waals surface area contributed by atoms with Crippen LogP contribution in [0.2, 0.25) is 0 Å². The predicted molar refractivity (Wildman–Crippen MR) is 329 cm³/mol. The molecule has 0 heteroatoms. The Kier molecular flexibility index (Phi) is 10.9. The molecule has 0 saturated carbocycles. The summed E-state index contributed by atoms with van der Waals surface area (Å²) in [7, 11) is 0. The molecule has 0 heterocycles. The molecule has 7 aromatic carbocycles. The van der Waals surface area contributed by atoms with Crippen molar-refractivity contribution in [2.24, 2.45) is 29.6 Å². The second-order valence-electron chi connectivity index (χ2n) is 22.8. The van der Waals surface area contributed by atoms with Crippen LogP contribution in [0.1, 0.15) is 90.1 Å². The second-order valence-corrected chi connectivity index (χ2v) is 22.8. The number of hydrogen-bond donors (Lipinski definition) is 0. The van der Waals surface area contributed by atoms with Gasteiger partial charge >= 0.3 is 0 Å². The maximum atomic E-state index is 2.68. The number of hydrogen-bond acceptors (Lipinski definition) is 0. The van der Waals surface area contributed by atoms with Crippen molar-refractivity contribution in [3.8, 4) is 22.3 Å². The van der Waals surface area contributed by atoms with E-state index < -0.39 is 0 Å². The number of allylic oxidation sites excluding steroid dienone is 26. The molecule has 0 saturated heterocycles. The van der Waals surface area contributed by atoms with Crippen molar-refractivity contribution in [3.63, 3.8) is 0 Å². The van der Waals surface area contributed by atoms with Crippen molar-refractivity contribution in [2.75, 3.05) is 0 Å². The smallest absolute Gasteiger partial charge is 0.0206 e. The molecule has 8 aliphatic rings. The van der Waals surface area contributed by atoms with E-state index in [-0.39, 0.29) is 23.7 Å². The van der Waals surface area contributed by atoms with Crippen LogP contribution in [0, 0.1) is 29.6 Å². The Labute approximate surface area is 454 Å². The van der Waals surface area contributed by atoms with Crippen molar-refractivity contribution < 1.29 is 0 Å². The molecule has 0 spiro atoms. The Morgan fingerprint density at radius 1 is 0.545 bits per heavy atom. The molecule has 0 aromatic heterocycles. The monoisotopic (exact) mass is 986 g/mol. The van der Waals surface area contributed by atoms with Gasteiger partial charge in [-0.1, -0.05) is 225 Å². The molecule has 0 nitrogen and oxygen atoms in total. The molecule has 8 aliphatic carbocycles. The minimum Gasteiger partial charge on any atom is -0.0910 e. The molecule has 0 aliphatic heterocycles. The van der Waals surface area contributed by atoms with Crippen LogP contribution in [-0.2, 0) is 12.8 Å². The van der Waals surface area contributed by atoms with Gasteiger partial charge in [-0.15, -0.1) is 0 Å². The quantitative estimate of drug-likeness (QED) is 0.0946. The molecular weight excluding hydrogens is 925 g/mol. The summed E-state index contributed by atoms with van der Waals surface area (Å²) in [5.41, 5.74) is 31.0. The average Bonchev–Trinajstić information content (AvgIpc) is 4.31. The lowest BCUT2D eigenvalue weighted by molar-refractivity contribution is 0.613. The molecule has 0 amide bonds. The fraction of sp³-hybridized carbons (Fsp3) is 0.169. The van der Waals surface area contributed by atoms with Crippen LogP contribution in [-0.4, -0.2) is 0 Å². The zero-order valence-electron chi connectivity index (χ0n) is 44.5. The molecular formula is C77H62. The highest BCUT2D eigenvalue weighted by molar-refractivity contribution is 6.19. The normalized spacial score (nSPS) is 22.4. The lowest BCUT2D eigenvalue weighted by atomic mass is 9.68. The Morgan fingerprint density at radius 2 is 1.16 bits per heavy atom. The Bertz CT molecular complexity index is 4120. The minimum atomic E-state index is 0.124. The van der Waals surface area contributed by atoms with Gasteiger partial charge in [-0.3, -0.25) is 0 Å². The molecule has 370 valence electrons. The van der Waals surface area contributed by atoms with Crippen LogP contribution in [0.5, 0.6) is 0 Å². The fourth-order valence-electron chi connectivity index (χ4n) is 15.6. The van der Waals surface area contributed by atoms with Crippen LogP contribution in [0.25, 0.3) is 77.2 Å². The van der Waals surface area contributed by atoms with Crippen LogP contribution in [0.4, 0.5) is 0 Å². The highest BCUT2D eigenvalue weighted by atomic mass is 14.5. The second kappa shape index (κ2) is 18.2. The summed E-state index contributed by atoms with van der Waals surface area (Å²) < 4.78 is 0. The fourth-order valence-corrected chi connectivity index (χ4v) is 15.6. The SMILES string of the molecule is CC=CC=C(Cc1ccccc1)c1c2c(c(C(C=CC)Cc3ccccc3)c3cc4c(cc13)C1=CC=C(C3=C(C)C=CCC3C)C3C=CC=C4C13)C1=CC=CC3C(c4ccc5c6c(cccc46)-c4ccccc4-5)=CC=C2C13. The van der Waals surface area contributed by atoms with E-state index in [4.69, 9.17) is 0 Å². The van der Waals surface area contributed by atoms with E-state index in [1.54, 1.807) is 0 Å². The zero-order valence-corrected chi connectivity index (χ0v) is 44.5. The average molecular weight is 987 g/mol. The van der Waals surface area contributed by atoms with E-state index in [2.05, 4.69) is 258 Å². The molecule has 6 unspecified atom stereocenters. The van der Waals surface area contributed by atoms with Crippen molar-refractivity contribution in [1.82, 2.24) is 0 Å². The van der Waals surface area contributed by atoms with Gasteiger partial charge in [-0.2, -0.15) is 0 Å². The van der Waals surface area contributed by atoms with Gasteiger partial charge in [0.1, 0.15) is 0 Å². The van der Waals surface area contributed by atoms with Crippen LogP contribution >= 0.6 is 0 Å². The van der Waals surface area contributed by atoms with E-state index in [1.807, 2.05) is 0 Å². The minimum absolute atomic E-state index is 0.124. The topological polar surface area (TPSA) is 0 Å². The number of fused-ring (bicyclic) bond motifs is 10. The van der Waals surface area contributed by atoms with E-state index >= 15 is 0 Å². The van der Waals surface area contributed by atoms with Gasteiger partial charge < -0.3 is 0 Å². The Morgan fingerprint density at radius 3 is 1.91 bits per heavy atom. The first-order valence-electron chi connectivity index (χ1n) is 28.3. The molecule has 7 aromatic rings. The molecule has 0 N–H and O–H groups in total. The molecule has 6 atom stereocenters. The van der Waals surface area contributed by atoms with Crippen molar-refractivity contribution in [2.45, 2.75) is 52.9 Å². The first-order chi connectivity index (χ1) is 38.0. The molecule has 0 bridgehead atoms. The molecule has 0 radical (unpaired) electrons. The third-order valence-corrected chi connectivity index (χ3v) is 18.6. The number of rotatable bonds is 10. The molecule has 77 heavy (non-hydrogen) atoms. The number of benzene rings is 7. The van der Waals surface area contributed by atoms with Crippen molar-refractivity contribution in [3.05, 3.63) is 297 Å². The highest BCUT2D eigenvalue weighted by Gasteiger charge is 2.47. The van der Waals surface area contributed by atoms with Gasteiger partial charge in [-0.05, 0) is 202 Å². The van der Waals surface area contributed by atoms with E-state index in [0.717, 1.165) is 19.3 Å². The zero-order chi connectivity index (χ0) is 51.5.